The lowest BCUT2D eigenvalue weighted by atomic mass is 10.2. The Balaban J connectivity index is 1.86. The van der Waals surface area contributed by atoms with Gasteiger partial charge in [-0.15, -0.1) is 0 Å². The Labute approximate surface area is 145 Å². The quantitative estimate of drug-likeness (QED) is 0.806. The predicted molar refractivity (Wildman–Crippen MR) is 85.6 cm³/mol. The molecule has 2 aliphatic rings. The number of sulfonamides is 1. The third-order valence-corrected chi connectivity index (χ3v) is 6.68. The van der Waals surface area contributed by atoms with Crippen LogP contribution < -0.4 is 0 Å². The third-order valence-electron chi connectivity index (χ3n) is 4.67. The van der Waals surface area contributed by atoms with Gasteiger partial charge in [-0.05, 0) is 25.0 Å². The monoisotopic (exact) mass is 378 g/mol. The van der Waals surface area contributed by atoms with E-state index in [1.54, 1.807) is 0 Å². The zero-order valence-corrected chi connectivity index (χ0v) is 14.5. The number of alkyl halides is 3. The minimum atomic E-state index is -4.71. The molecule has 1 atom stereocenters. The van der Waals surface area contributed by atoms with Crippen LogP contribution in [-0.2, 0) is 20.9 Å². The van der Waals surface area contributed by atoms with E-state index in [0.29, 0.717) is 45.7 Å². The lowest BCUT2D eigenvalue weighted by Crippen LogP contribution is -2.46. The van der Waals surface area contributed by atoms with Gasteiger partial charge in [0.25, 0.3) is 0 Å². The Bertz CT molecular complexity index is 703. The Morgan fingerprint density at radius 3 is 2.48 bits per heavy atom. The average molecular weight is 378 g/mol. The van der Waals surface area contributed by atoms with Crippen molar-refractivity contribution in [1.82, 2.24) is 9.21 Å². The highest BCUT2D eigenvalue weighted by molar-refractivity contribution is 7.89. The van der Waals surface area contributed by atoms with Crippen molar-refractivity contribution in [3.8, 4) is 0 Å². The van der Waals surface area contributed by atoms with Crippen LogP contribution in [0.5, 0.6) is 0 Å². The summed E-state index contributed by atoms with van der Waals surface area (Å²) in [5.74, 6) is 0. The molecule has 25 heavy (non-hydrogen) atoms. The normalized spacial score (nSPS) is 23.9. The predicted octanol–water partition coefficient (Wildman–Crippen LogP) is 2.19. The van der Waals surface area contributed by atoms with Gasteiger partial charge in [0.2, 0.25) is 10.0 Å². The number of halogens is 3. The van der Waals surface area contributed by atoms with Crippen molar-refractivity contribution in [2.24, 2.45) is 0 Å². The molecule has 9 heteroatoms. The van der Waals surface area contributed by atoms with Gasteiger partial charge in [-0.3, -0.25) is 4.90 Å². The van der Waals surface area contributed by atoms with Crippen LogP contribution in [-0.4, -0.2) is 63.1 Å². The fourth-order valence-electron chi connectivity index (χ4n) is 3.44. The maximum atomic E-state index is 13.2. The van der Waals surface area contributed by atoms with Crippen molar-refractivity contribution in [1.29, 1.82) is 0 Å². The van der Waals surface area contributed by atoms with Crippen molar-refractivity contribution in [3.05, 3.63) is 29.8 Å². The highest BCUT2D eigenvalue weighted by atomic mass is 32.2. The van der Waals surface area contributed by atoms with Crippen molar-refractivity contribution in [2.75, 3.05) is 39.4 Å². The molecule has 0 spiro atoms. The van der Waals surface area contributed by atoms with Crippen LogP contribution in [0.15, 0.2) is 29.2 Å². The van der Waals surface area contributed by atoms with E-state index in [-0.39, 0.29) is 12.6 Å². The van der Waals surface area contributed by atoms with Crippen LogP contribution in [0.25, 0.3) is 0 Å². The van der Waals surface area contributed by atoms with Gasteiger partial charge < -0.3 is 4.74 Å². The molecule has 1 unspecified atom stereocenters. The molecule has 140 valence electrons. The van der Waals surface area contributed by atoms with Crippen molar-refractivity contribution in [3.63, 3.8) is 0 Å². The molecule has 0 radical (unpaired) electrons. The standard InChI is InChI=1S/C16H21F3N2O3S/c17-16(18,19)14-5-1-2-6-15(14)25(22,23)21-7-3-4-13(21)12-20-8-10-24-11-9-20/h1-2,5-6,13H,3-4,7-12H2. The summed E-state index contributed by atoms with van der Waals surface area (Å²) in [5.41, 5.74) is -1.10. The van der Waals surface area contributed by atoms with E-state index in [2.05, 4.69) is 4.90 Å². The van der Waals surface area contributed by atoms with Crippen LogP contribution >= 0.6 is 0 Å². The first-order valence-corrected chi connectivity index (χ1v) is 9.72. The van der Waals surface area contributed by atoms with Gasteiger partial charge in [-0.25, -0.2) is 8.42 Å². The highest BCUT2D eigenvalue weighted by Gasteiger charge is 2.42. The lowest BCUT2D eigenvalue weighted by molar-refractivity contribution is -0.139. The van der Waals surface area contributed by atoms with Gasteiger partial charge in [-0.2, -0.15) is 17.5 Å². The topological polar surface area (TPSA) is 49.9 Å². The van der Waals surface area contributed by atoms with Gasteiger partial charge >= 0.3 is 6.18 Å². The molecule has 0 aromatic heterocycles. The van der Waals surface area contributed by atoms with Gasteiger partial charge in [-0.1, -0.05) is 12.1 Å². The molecule has 2 aliphatic heterocycles. The summed E-state index contributed by atoms with van der Waals surface area (Å²) < 4.78 is 72.1. The van der Waals surface area contributed by atoms with Gasteiger partial charge in [0.05, 0.1) is 23.7 Å². The number of hydrogen-bond acceptors (Lipinski definition) is 4. The van der Waals surface area contributed by atoms with Gasteiger partial charge in [0.15, 0.2) is 0 Å². The summed E-state index contributed by atoms with van der Waals surface area (Å²) in [7, 11) is -4.20. The molecule has 0 amide bonds. The fourth-order valence-corrected chi connectivity index (χ4v) is 5.34. The molecule has 5 nitrogen and oxygen atoms in total. The number of hydrogen-bond donors (Lipinski definition) is 0. The van der Waals surface area contributed by atoms with Crippen molar-refractivity contribution in [2.45, 2.75) is 30.0 Å². The molecule has 0 bridgehead atoms. The minimum absolute atomic E-state index is 0.254. The summed E-state index contributed by atoms with van der Waals surface area (Å²) >= 11 is 0. The molecule has 2 saturated heterocycles. The van der Waals surface area contributed by atoms with E-state index < -0.39 is 26.7 Å². The molecular weight excluding hydrogens is 357 g/mol. The molecule has 0 N–H and O–H groups in total. The summed E-state index contributed by atoms with van der Waals surface area (Å²) in [6, 6.07) is 4.10. The van der Waals surface area contributed by atoms with E-state index in [0.717, 1.165) is 12.1 Å². The number of morpholine rings is 1. The summed E-state index contributed by atoms with van der Waals surface area (Å²) in [6.45, 7) is 3.39. The first-order chi connectivity index (χ1) is 11.8. The minimum Gasteiger partial charge on any atom is -0.379 e. The lowest BCUT2D eigenvalue weighted by Gasteiger charge is -2.32. The smallest absolute Gasteiger partial charge is 0.379 e. The second-order valence-corrected chi connectivity index (χ2v) is 8.18. The number of rotatable bonds is 4. The van der Waals surface area contributed by atoms with E-state index in [9.17, 15) is 21.6 Å². The number of nitrogens with zero attached hydrogens (tertiary/aromatic N) is 2. The highest BCUT2D eigenvalue weighted by Crippen LogP contribution is 2.36. The molecule has 1 aromatic carbocycles. The largest absolute Gasteiger partial charge is 0.417 e. The fraction of sp³-hybridized carbons (Fsp3) is 0.625. The zero-order chi connectivity index (χ0) is 18.1. The Hall–Kier alpha value is -1.16. The van der Waals surface area contributed by atoms with E-state index in [1.165, 1.54) is 16.4 Å². The second kappa shape index (κ2) is 7.22. The number of ether oxygens (including phenoxy) is 1. The molecular formula is C16H21F3N2O3S. The number of benzene rings is 1. The summed E-state index contributed by atoms with van der Waals surface area (Å²) in [4.78, 5) is 1.45. The average Bonchev–Trinajstić information content (AvgIpc) is 3.04. The van der Waals surface area contributed by atoms with Crippen molar-refractivity contribution < 1.29 is 26.3 Å². The van der Waals surface area contributed by atoms with Crippen LogP contribution in [0.1, 0.15) is 18.4 Å². The van der Waals surface area contributed by atoms with Gasteiger partial charge in [0, 0.05) is 32.2 Å². The van der Waals surface area contributed by atoms with Crippen LogP contribution in [0.2, 0.25) is 0 Å². The molecule has 0 aliphatic carbocycles. The van der Waals surface area contributed by atoms with E-state index in [1.807, 2.05) is 0 Å². The first-order valence-electron chi connectivity index (χ1n) is 8.28. The molecule has 2 fully saturated rings. The van der Waals surface area contributed by atoms with Gasteiger partial charge in [0.1, 0.15) is 0 Å². The zero-order valence-electron chi connectivity index (χ0n) is 13.7. The Kier molecular flexibility index (Phi) is 5.38. The van der Waals surface area contributed by atoms with Crippen molar-refractivity contribution >= 4 is 10.0 Å². The molecule has 3 rings (SSSR count). The molecule has 1 aromatic rings. The van der Waals surface area contributed by atoms with E-state index in [4.69, 9.17) is 4.74 Å². The van der Waals surface area contributed by atoms with Crippen LogP contribution in [0.4, 0.5) is 13.2 Å². The summed E-state index contributed by atoms with van der Waals surface area (Å²) in [6.07, 6.45) is -3.39. The molecule has 0 saturated carbocycles. The first kappa shape index (κ1) is 18.6. The third kappa shape index (κ3) is 3.99. The Morgan fingerprint density at radius 2 is 1.80 bits per heavy atom. The Morgan fingerprint density at radius 1 is 1.12 bits per heavy atom. The maximum Gasteiger partial charge on any atom is 0.417 e. The second-order valence-electron chi connectivity index (χ2n) is 6.32. The van der Waals surface area contributed by atoms with Crippen LogP contribution in [0.3, 0.4) is 0 Å². The van der Waals surface area contributed by atoms with Crippen LogP contribution in [0, 0.1) is 0 Å². The summed E-state index contributed by atoms with van der Waals surface area (Å²) in [5, 5.41) is 0. The molecule has 2 heterocycles. The van der Waals surface area contributed by atoms with E-state index >= 15 is 0 Å². The SMILES string of the molecule is O=S(=O)(c1ccccc1C(F)(F)F)N1CCCC1CN1CCOCC1. The maximum absolute atomic E-state index is 13.2.